The van der Waals surface area contributed by atoms with Crippen LogP contribution in [0.4, 0.5) is 0 Å². The summed E-state index contributed by atoms with van der Waals surface area (Å²) in [5, 5.41) is 136. The third-order valence-electron chi connectivity index (χ3n) is 21.4. The lowest BCUT2D eigenvalue weighted by atomic mass is 9.88. The highest BCUT2D eigenvalue weighted by Crippen LogP contribution is 2.39. The molecule has 2 amide bonds. The van der Waals surface area contributed by atoms with E-state index < -0.39 is 155 Å². The predicted molar refractivity (Wildman–Crippen MR) is 408 cm³/mol. The highest BCUT2D eigenvalue weighted by molar-refractivity contribution is 5.77. The maximum absolute atomic E-state index is 13.6. The van der Waals surface area contributed by atoms with Crippen molar-refractivity contribution >= 4 is 17.8 Å². The summed E-state index contributed by atoms with van der Waals surface area (Å²) in [4.78, 5) is 38.7. The summed E-state index contributed by atoms with van der Waals surface area (Å²) in [5.74, 6) is -6.13. The van der Waals surface area contributed by atoms with E-state index in [0.717, 1.165) is 51.9 Å². The number of carbonyl (C=O) groups is 3. The molecule has 0 radical (unpaired) electrons. The van der Waals surface area contributed by atoms with Crippen LogP contribution >= 0.6 is 0 Å². The normalized spacial score (nSPS) is 26.3. The molecule has 14 N–H and O–H groups in total. The number of hydrogen-bond donors (Lipinski definition) is 14. The van der Waals surface area contributed by atoms with Gasteiger partial charge in [-0.3, -0.25) is 9.59 Å². The van der Waals surface area contributed by atoms with Crippen LogP contribution in [0.5, 0.6) is 0 Å². The molecule has 23 nitrogen and oxygen atoms in total. The van der Waals surface area contributed by atoms with Crippen molar-refractivity contribution in [2.75, 3.05) is 26.4 Å². The molecule has 0 aromatic heterocycles. The molecule has 3 heterocycles. The van der Waals surface area contributed by atoms with Gasteiger partial charge in [-0.15, -0.1) is 0 Å². The number of unbranched alkanes of at least 4 members (excludes halogenated alkanes) is 45. The van der Waals surface area contributed by atoms with Gasteiger partial charge < -0.3 is 100 Å². The first-order chi connectivity index (χ1) is 50.9. The van der Waals surface area contributed by atoms with Crippen LogP contribution in [0.25, 0.3) is 0 Å². The first-order valence-electron chi connectivity index (χ1n) is 42.2. The Labute approximate surface area is 632 Å². The fraction of sp³-hybridized carbons (Fsp3) is 0.915. The number of carbonyl (C=O) groups excluding carboxylic acids is 2. The number of hydrogen-bond acceptors (Lipinski definition) is 20. The molecule has 0 aromatic carbocycles. The molecule has 0 spiro atoms. The van der Waals surface area contributed by atoms with E-state index in [-0.39, 0.29) is 12.3 Å². The molecule has 0 aromatic rings. The molecule has 18 unspecified atom stereocenters. The van der Waals surface area contributed by atoms with Crippen LogP contribution in [-0.2, 0) is 42.8 Å². The van der Waals surface area contributed by atoms with Crippen LogP contribution < -0.4 is 10.6 Å². The van der Waals surface area contributed by atoms with E-state index in [9.17, 15) is 75.7 Å². The summed E-state index contributed by atoms with van der Waals surface area (Å²) in [6.07, 6.45) is 39.3. The second-order valence-corrected chi connectivity index (χ2v) is 30.7. The molecule has 23 heteroatoms. The summed E-state index contributed by atoms with van der Waals surface area (Å²) >= 11 is 0. The average molecular weight is 1500 g/mol. The minimum Gasteiger partial charge on any atom is -0.477 e. The minimum absolute atomic E-state index is 0.203. The van der Waals surface area contributed by atoms with Gasteiger partial charge in [0.1, 0.15) is 67.1 Å². The van der Waals surface area contributed by atoms with Crippen molar-refractivity contribution in [2.45, 2.75) is 452 Å². The van der Waals surface area contributed by atoms with Gasteiger partial charge in [0.15, 0.2) is 12.6 Å². The summed E-state index contributed by atoms with van der Waals surface area (Å²) in [6, 6.07) is -2.62. The second-order valence-electron chi connectivity index (χ2n) is 30.7. The fourth-order valence-electron chi connectivity index (χ4n) is 14.7. The Morgan fingerprint density at radius 3 is 1.30 bits per heavy atom. The Balaban J connectivity index is 1.48. The molecule has 3 rings (SSSR count). The number of aliphatic hydroxyl groups excluding tert-OH is 11. The number of aliphatic carboxylic acids is 1. The van der Waals surface area contributed by atoms with Gasteiger partial charge >= 0.3 is 5.97 Å². The predicted octanol–water partition coefficient (Wildman–Crippen LogP) is 11.9. The van der Waals surface area contributed by atoms with Gasteiger partial charge in [0.25, 0.3) is 5.79 Å². The molecule has 18 atom stereocenters. The maximum Gasteiger partial charge on any atom is 0.364 e. The number of allylic oxidation sites excluding steroid dienone is 3. The molecule has 3 fully saturated rings. The Morgan fingerprint density at radius 1 is 0.495 bits per heavy atom. The molecule has 616 valence electrons. The van der Waals surface area contributed by atoms with E-state index in [0.29, 0.717) is 12.8 Å². The highest BCUT2D eigenvalue weighted by Gasteiger charge is 2.60. The van der Waals surface area contributed by atoms with Gasteiger partial charge in [-0.2, -0.15) is 0 Å². The maximum atomic E-state index is 13.6. The molecule has 0 bridgehead atoms. The summed E-state index contributed by atoms with van der Waals surface area (Å²) < 4.78 is 34.9. The third kappa shape index (κ3) is 40.8. The molecule has 105 heavy (non-hydrogen) atoms. The van der Waals surface area contributed by atoms with Crippen LogP contribution in [-0.4, -0.2) is 215 Å². The van der Waals surface area contributed by atoms with Crippen LogP contribution in [0, 0.1) is 0 Å². The summed E-state index contributed by atoms with van der Waals surface area (Å²) in [7, 11) is 0. The number of rotatable bonds is 67. The number of nitrogens with one attached hydrogen (secondary N) is 2. The zero-order chi connectivity index (χ0) is 76.7. The van der Waals surface area contributed by atoms with Crippen molar-refractivity contribution < 1.29 is 104 Å². The van der Waals surface area contributed by atoms with Crippen molar-refractivity contribution in [2.24, 2.45) is 0 Å². The van der Waals surface area contributed by atoms with Gasteiger partial charge in [0, 0.05) is 19.8 Å². The standard InChI is InChI=1S/C82H152N2O21/c1-4-6-8-10-12-14-16-18-20-22-24-26-27-28-29-30-31-32-33-34-35-36-38-40-42-44-46-48-50-52-54-56-69(92)84-63(64(89)55-53-51-49-47-45-43-41-39-37-25-23-21-19-17-15-13-11-9-7-5-2)61-100-79-74(96)73(95)76(68(60-87)102-79)103-80-75(97)78(72(94)67(59-86)101-80)105-82(81(98)99)57-65(90)70(83-62(3)88)77(104-82)71(93)66(91)58-85/h28-29,53,55,63-68,70-80,85-87,89-91,93-97H,4-27,30-52,54,56-61H2,1-3H3,(H,83,88)(H,84,92)(H,98,99)/b29-28-,55-53+. The molecular formula is C82H152N2O21. The number of aliphatic hydroxyl groups is 11. The first-order valence-corrected chi connectivity index (χ1v) is 42.2. The lowest BCUT2D eigenvalue weighted by Gasteiger charge is -2.50. The highest BCUT2D eigenvalue weighted by atomic mass is 16.8. The van der Waals surface area contributed by atoms with Crippen molar-refractivity contribution in [3.05, 3.63) is 24.3 Å². The monoisotopic (exact) mass is 1500 g/mol. The summed E-state index contributed by atoms with van der Waals surface area (Å²) in [5.41, 5.74) is 0. The van der Waals surface area contributed by atoms with E-state index in [2.05, 4.69) is 36.6 Å². The van der Waals surface area contributed by atoms with Gasteiger partial charge in [0.05, 0.1) is 50.7 Å². The van der Waals surface area contributed by atoms with Crippen molar-refractivity contribution in [1.82, 2.24) is 10.6 Å². The van der Waals surface area contributed by atoms with Gasteiger partial charge in [-0.1, -0.05) is 301 Å². The van der Waals surface area contributed by atoms with Crippen LogP contribution in [0.3, 0.4) is 0 Å². The van der Waals surface area contributed by atoms with Crippen molar-refractivity contribution in [1.29, 1.82) is 0 Å². The van der Waals surface area contributed by atoms with Gasteiger partial charge in [-0.05, 0) is 44.9 Å². The van der Waals surface area contributed by atoms with E-state index in [1.165, 1.54) is 250 Å². The topological polar surface area (TPSA) is 373 Å². The van der Waals surface area contributed by atoms with Gasteiger partial charge in [0.2, 0.25) is 11.8 Å². The largest absolute Gasteiger partial charge is 0.477 e. The third-order valence-corrected chi connectivity index (χ3v) is 21.4. The Kier molecular flexibility index (Phi) is 55.9. The number of ether oxygens (including phenoxy) is 6. The van der Waals surface area contributed by atoms with Crippen molar-refractivity contribution in [3.8, 4) is 0 Å². The molecule has 3 aliphatic rings. The van der Waals surface area contributed by atoms with Gasteiger partial charge in [-0.25, -0.2) is 4.79 Å². The number of amides is 2. The Hall–Kier alpha value is -2.79. The van der Waals surface area contributed by atoms with Crippen LogP contribution in [0.1, 0.15) is 342 Å². The molecule has 3 aliphatic heterocycles. The fourth-order valence-corrected chi connectivity index (χ4v) is 14.7. The van der Waals surface area contributed by atoms with Crippen molar-refractivity contribution in [3.63, 3.8) is 0 Å². The Morgan fingerprint density at radius 2 is 0.895 bits per heavy atom. The van der Waals surface area contributed by atoms with E-state index in [1.807, 2.05) is 6.08 Å². The second kappa shape index (κ2) is 60.9. The van der Waals surface area contributed by atoms with E-state index in [4.69, 9.17) is 28.4 Å². The van der Waals surface area contributed by atoms with E-state index >= 15 is 0 Å². The molecule has 0 saturated carbocycles. The first kappa shape index (κ1) is 96.4. The zero-order valence-electron chi connectivity index (χ0n) is 65.3. The SMILES string of the molecule is CCCCCCCCCCCCCC/C=C\CCCCCCCCCCCCCCCCCC(=O)NC(COC1OC(CO)C(OC2OC(CO)C(O)C(OC3(C(=O)O)CC(O)C(NC(C)=O)C(C(O)C(O)CO)O3)C2O)C(O)C1O)C(O)/C=C/CCCCCCCCCCCCCCCCCCCC. The lowest BCUT2D eigenvalue weighted by molar-refractivity contribution is -0.386. The lowest BCUT2D eigenvalue weighted by Crippen LogP contribution is -2.70. The average Bonchev–Trinajstić information content (AvgIpc) is 0.755. The number of carboxylic acids is 1. The molecule has 0 aliphatic carbocycles. The zero-order valence-corrected chi connectivity index (χ0v) is 65.3. The quantitative estimate of drug-likeness (QED) is 0.0199. The van der Waals surface area contributed by atoms with Crippen LogP contribution in [0.2, 0.25) is 0 Å². The minimum atomic E-state index is -3.08. The summed E-state index contributed by atoms with van der Waals surface area (Å²) in [6.45, 7) is 2.20. The number of carboxylic acid groups (broad SMARTS) is 1. The van der Waals surface area contributed by atoms with Crippen LogP contribution in [0.15, 0.2) is 24.3 Å². The Bertz CT molecular complexity index is 2180. The molecular weight excluding hydrogens is 1350 g/mol. The smallest absolute Gasteiger partial charge is 0.364 e. The molecule has 3 saturated heterocycles. The van der Waals surface area contributed by atoms with E-state index in [1.54, 1.807) is 6.08 Å².